The van der Waals surface area contributed by atoms with E-state index in [2.05, 4.69) is 10.2 Å². The molecule has 0 saturated heterocycles. The summed E-state index contributed by atoms with van der Waals surface area (Å²) < 4.78 is 42.0. The van der Waals surface area contributed by atoms with Crippen molar-refractivity contribution in [1.29, 1.82) is 0 Å². The molecule has 0 aliphatic heterocycles. The van der Waals surface area contributed by atoms with E-state index in [9.17, 15) is 13.2 Å². The Morgan fingerprint density at radius 3 is 2.56 bits per heavy atom. The number of halogens is 4. The first-order valence-corrected chi connectivity index (χ1v) is 5.70. The zero-order chi connectivity index (χ0) is 13.3. The Morgan fingerprint density at radius 2 is 2.00 bits per heavy atom. The van der Waals surface area contributed by atoms with E-state index < -0.39 is 11.2 Å². The highest BCUT2D eigenvalue weighted by Gasteiger charge is 2.36. The van der Waals surface area contributed by atoms with Crippen LogP contribution in [0.15, 0.2) is 18.2 Å². The lowest BCUT2D eigenvalue weighted by Crippen LogP contribution is -2.03. The molecule has 2 N–H and O–H groups in total. The van der Waals surface area contributed by atoms with Crippen LogP contribution in [0.2, 0.25) is 5.02 Å². The molecule has 9 heteroatoms. The molecule has 0 spiro atoms. The Morgan fingerprint density at radius 1 is 1.28 bits per heavy atom. The third-order valence-electron chi connectivity index (χ3n) is 1.84. The van der Waals surface area contributed by atoms with E-state index in [1.165, 1.54) is 12.1 Å². The number of rotatable bonds is 2. The van der Waals surface area contributed by atoms with E-state index in [1.54, 1.807) is 6.07 Å². The first-order chi connectivity index (χ1) is 8.38. The van der Waals surface area contributed by atoms with Crippen molar-refractivity contribution in [2.75, 3.05) is 5.73 Å². The van der Waals surface area contributed by atoms with E-state index in [-0.39, 0.29) is 33.0 Å². The number of nitrogen functional groups attached to an aromatic ring is 1. The first-order valence-electron chi connectivity index (χ1n) is 4.50. The molecule has 0 unspecified atom stereocenters. The van der Waals surface area contributed by atoms with Crippen molar-refractivity contribution in [3.8, 4) is 10.9 Å². The molecule has 0 bridgehead atoms. The number of anilines is 1. The molecule has 0 radical (unpaired) electrons. The van der Waals surface area contributed by atoms with Gasteiger partial charge in [0.15, 0.2) is 5.75 Å². The van der Waals surface area contributed by atoms with Gasteiger partial charge in [-0.3, -0.25) is 0 Å². The summed E-state index contributed by atoms with van der Waals surface area (Å²) in [6.07, 6.45) is -4.55. The number of ether oxygens (including phenoxy) is 1. The van der Waals surface area contributed by atoms with Gasteiger partial charge in [0.2, 0.25) is 5.01 Å². The molecular weight excluding hydrogens is 291 g/mol. The van der Waals surface area contributed by atoms with Crippen LogP contribution in [-0.4, -0.2) is 10.2 Å². The second-order valence-corrected chi connectivity index (χ2v) is 4.48. The molecule has 1 aromatic heterocycles. The number of nitrogens with two attached hydrogens (primary N) is 1. The largest absolute Gasteiger partial charge is 0.445 e. The van der Waals surface area contributed by atoms with Gasteiger partial charge in [0.25, 0.3) is 5.19 Å². The highest BCUT2D eigenvalue weighted by Crippen LogP contribution is 2.38. The minimum Gasteiger partial charge on any atom is -0.426 e. The van der Waals surface area contributed by atoms with Crippen LogP contribution >= 0.6 is 22.9 Å². The third-order valence-corrected chi connectivity index (χ3v) is 2.98. The van der Waals surface area contributed by atoms with E-state index in [0.29, 0.717) is 0 Å². The van der Waals surface area contributed by atoms with Gasteiger partial charge in [-0.05, 0) is 12.1 Å². The molecule has 0 atom stereocenters. The minimum absolute atomic E-state index is 0.0593. The number of aromatic nitrogens is 2. The SMILES string of the molecule is Nc1cccc(Cl)c1Oc1nnc(C(F)(F)F)s1. The van der Waals surface area contributed by atoms with Crippen LogP contribution in [-0.2, 0) is 6.18 Å². The fourth-order valence-corrected chi connectivity index (χ4v) is 1.88. The average Bonchev–Trinajstić information content (AvgIpc) is 2.72. The summed E-state index contributed by atoms with van der Waals surface area (Å²) >= 11 is 6.07. The van der Waals surface area contributed by atoms with Crippen molar-refractivity contribution >= 4 is 28.6 Å². The number of hydrogen-bond donors (Lipinski definition) is 1. The number of hydrogen-bond acceptors (Lipinski definition) is 5. The van der Waals surface area contributed by atoms with Crippen molar-refractivity contribution in [1.82, 2.24) is 10.2 Å². The molecule has 0 aliphatic rings. The summed E-state index contributed by atoms with van der Waals surface area (Å²) in [5.41, 5.74) is 5.79. The van der Waals surface area contributed by atoms with Crippen molar-refractivity contribution in [2.45, 2.75) is 6.18 Å². The lowest BCUT2D eigenvalue weighted by atomic mass is 10.3. The number of para-hydroxylation sites is 1. The summed E-state index contributed by atoms with van der Waals surface area (Å²) in [4.78, 5) is 0. The fraction of sp³-hybridized carbons (Fsp3) is 0.111. The quantitative estimate of drug-likeness (QED) is 0.860. The lowest BCUT2D eigenvalue weighted by molar-refractivity contribution is -0.138. The predicted molar refractivity (Wildman–Crippen MR) is 60.8 cm³/mol. The van der Waals surface area contributed by atoms with Gasteiger partial charge in [-0.1, -0.05) is 34.1 Å². The Labute approximate surface area is 108 Å². The number of alkyl halides is 3. The van der Waals surface area contributed by atoms with Crippen LogP contribution in [0.5, 0.6) is 10.9 Å². The molecule has 4 nitrogen and oxygen atoms in total. The maximum Gasteiger partial charge on any atom is 0.445 e. The molecule has 0 amide bonds. The standard InChI is InChI=1S/C9H5ClF3N3OS/c10-4-2-1-3-5(14)6(4)17-8-16-15-7(18-8)9(11,12)13/h1-3H,14H2. The van der Waals surface area contributed by atoms with Crippen LogP contribution in [0.1, 0.15) is 5.01 Å². The molecule has 2 aromatic rings. The van der Waals surface area contributed by atoms with Crippen molar-refractivity contribution in [3.63, 3.8) is 0 Å². The van der Waals surface area contributed by atoms with Crippen molar-refractivity contribution in [2.24, 2.45) is 0 Å². The first kappa shape index (κ1) is 12.9. The zero-order valence-electron chi connectivity index (χ0n) is 8.53. The molecule has 0 saturated carbocycles. The van der Waals surface area contributed by atoms with Gasteiger partial charge in [0.1, 0.15) is 0 Å². The monoisotopic (exact) mass is 295 g/mol. The molecule has 96 valence electrons. The second-order valence-electron chi connectivity index (χ2n) is 3.13. The summed E-state index contributed by atoms with van der Waals surface area (Å²) in [5.74, 6) is 0.0593. The van der Waals surface area contributed by atoms with Crippen LogP contribution < -0.4 is 10.5 Å². The molecule has 18 heavy (non-hydrogen) atoms. The topological polar surface area (TPSA) is 61.0 Å². The molecular formula is C9H5ClF3N3OS. The zero-order valence-corrected chi connectivity index (χ0v) is 10.1. The van der Waals surface area contributed by atoms with Crippen LogP contribution in [0.25, 0.3) is 0 Å². The highest BCUT2D eigenvalue weighted by molar-refractivity contribution is 7.13. The van der Waals surface area contributed by atoms with Gasteiger partial charge >= 0.3 is 6.18 Å². The van der Waals surface area contributed by atoms with Gasteiger partial charge in [-0.25, -0.2) is 0 Å². The minimum atomic E-state index is -4.55. The maximum atomic E-state index is 12.3. The van der Waals surface area contributed by atoms with Crippen molar-refractivity contribution in [3.05, 3.63) is 28.2 Å². The Kier molecular flexibility index (Phi) is 3.31. The predicted octanol–water partition coefficient (Wildman–Crippen LogP) is 3.58. The Balaban J connectivity index is 2.27. The van der Waals surface area contributed by atoms with Gasteiger partial charge in [-0.2, -0.15) is 13.2 Å². The normalized spacial score (nSPS) is 11.6. The summed E-state index contributed by atoms with van der Waals surface area (Å²) in [7, 11) is 0. The van der Waals surface area contributed by atoms with Gasteiger partial charge < -0.3 is 10.5 Å². The lowest BCUT2D eigenvalue weighted by Gasteiger charge is -2.06. The molecule has 0 fully saturated rings. The third kappa shape index (κ3) is 2.65. The van der Waals surface area contributed by atoms with Crippen LogP contribution in [0, 0.1) is 0 Å². The molecule has 0 aliphatic carbocycles. The fourth-order valence-electron chi connectivity index (χ4n) is 1.09. The summed E-state index contributed by atoms with van der Waals surface area (Å²) in [6.45, 7) is 0. The van der Waals surface area contributed by atoms with Crippen molar-refractivity contribution < 1.29 is 17.9 Å². The van der Waals surface area contributed by atoms with E-state index >= 15 is 0 Å². The maximum absolute atomic E-state index is 12.3. The van der Waals surface area contributed by atoms with Gasteiger partial charge in [0, 0.05) is 0 Å². The number of nitrogens with zero attached hydrogens (tertiary/aromatic N) is 2. The molecule has 1 aromatic carbocycles. The highest BCUT2D eigenvalue weighted by atomic mass is 35.5. The smallest absolute Gasteiger partial charge is 0.426 e. The van der Waals surface area contributed by atoms with Gasteiger partial charge in [-0.15, -0.1) is 5.10 Å². The van der Waals surface area contributed by atoms with E-state index in [1.807, 2.05) is 0 Å². The van der Waals surface area contributed by atoms with Crippen LogP contribution in [0.3, 0.4) is 0 Å². The number of benzene rings is 1. The Hall–Kier alpha value is -1.54. The van der Waals surface area contributed by atoms with Crippen LogP contribution in [0.4, 0.5) is 18.9 Å². The van der Waals surface area contributed by atoms with Gasteiger partial charge in [0.05, 0.1) is 10.7 Å². The average molecular weight is 296 g/mol. The summed E-state index contributed by atoms with van der Waals surface area (Å²) in [6, 6.07) is 4.59. The summed E-state index contributed by atoms with van der Waals surface area (Å²) in [5, 5.41) is 5.06. The second kappa shape index (κ2) is 4.62. The molecule has 2 rings (SSSR count). The van der Waals surface area contributed by atoms with E-state index in [0.717, 1.165) is 0 Å². The van der Waals surface area contributed by atoms with E-state index in [4.69, 9.17) is 22.1 Å². The molecule has 1 heterocycles. The Bertz CT molecular complexity index is 552.